The molecule has 1 atom stereocenters. The highest BCUT2D eigenvalue weighted by Crippen LogP contribution is 2.25. The van der Waals surface area contributed by atoms with Gasteiger partial charge in [-0.3, -0.25) is 9.78 Å². The number of nitrogens with zero attached hydrogens (tertiary/aromatic N) is 1. The van der Waals surface area contributed by atoms with E-state index in [9.17, 15) is 4.79 Å². The van der Waals surface area contributed by atoms with Crippen molar-refractivity contribution >= 4 is 16.8 Å². The largest absolute Gasteiger partial charge is 0.351 e. The van der Waals surface area contributed by atoms with Crippen LogP contribution in [0.25, 0.3) is 10.9 Å². The van der Waals surface area contributed by atoms with Crippen molar-refractivity contribution in [3.63, 3.8) is 0 Å². The summed E-state index contributed by atoms with van der Waals surface area (Å²) in [6, 6.07) is 10.0. The quantitative estimate of drug-likeness (QED) is 0.908. The van der Waals surface area contributed by atoms with E-state index in [2.05, 4.69) is 15.6 Å². The van der Waals surface area contributed by atoms with Gasteiger partial charge in [-0.05, 0) is 37.9 Å². The van der Waals surface area contributed by atoms with Crippen LogP contribution in [0.4, 0.5) is 0 Å². The number of nitrogens with one attached hydrogen (secondary N) is 2. The molecule has 2 heterocycles. The normalized spacial score (nSPS) is 22.1. The molecule has 21 heavy (non-hydrogen) atoms. The maximum Gasteiger partial charge on any atom is 0.227 e. The minimum atomic E-state index is -0.295. The molecule has 2 N–H and O–H groups in total. The second-order valence-corrected chi connectivity index (χ2v) is 6.02. The number of carbonyl (C=O) groups excluding carboxylic acids is 1. The smallest absolute Gasteiger partial charge is 0.227 e. The Kier molecular flexibility index (Phi) is 3.88. The fraction of sp³-hybridized carbons (Fsp3) is 0.412. The van der Waals surface area contributed by atoms with Gasteiger partial charge in [0.1, 0.15) is 0 Å². The van der Waals surface area contributed by atoms with Gasteiger partial charge in [0.2, 0.25) is 5.91 Å². The van der Waals surface area contributed by atoms with Crippen molar-refractivity contribution in [3.05, 3.63) is 42.1 Å². The molecule has 1 saturated heterocycles. The van der Waals surface area contributed by atoms with Crippen molar-refractivity contribution in [1.29, 1.82) is 0 Å². The molecule has 1 unspecified atom stereocenters. The van der Waals surface area contributed by atoms with E-state index in [1.165, 1.54) is 0 Å². The molecule has 1 aromatic heterocycles. The third-order valence-electron chi connectivity index (χ3n) is 4.30. The number of pyridine rings is 1. The number of rotatable bonds is 3. The summed E-state index contributed by atoms with van der Waals surface area (Å²) in [5.41, 5.74) is 1.73. The summed E-state index contributed by atoms with van der Waals surface area (Å²) in [6.07, 6.45) is 3.79. The number of hydrogen-bond donors (Lipinski definition) is 2. The van der Waals surface area contributed by atoms with Crippen molar-refractivity contribution in [2.75, 3.05) is 13.1 Å². The molecule has 0 bridgehead atoms. The van der Waals surface area contributed by atoms with Gasteiger partial charge in [-0.25, -0.2) is 0 Å². The van der Waals surface area contributed by atoms with Crippen LogP contribution in [-0.2, 0) is 11.3 Å². The topological polar surface area (TPSA) is 54.0 Å². The number of piperidine rings is 1. The monoisotopic (exact) mass is 283 g/mol. The van der Waals surface area contributed by atoms with Gasteiger partial charge < -0.3 is 10.6 Å². The van der Waals surface area contributed by atoms with Crippen LogP contribution in [0.3, 0.4) is 0 Å². The van der Waals surface area contributed by atoms with Gasteiger partial charge in [-0.2, -0.15) is 0 Å². The zero-order valence-corrected chi connectivity index (χ0v) is 12.4. The van der Waals surface area contributed by atoms with Crippen LogP contribution in [0.5, 0.6) is 0 Å². The molecule has 3 rings (SSSR count). The van der Waals surface area contributed by atoms with Gasteiger partial charge in [0.25, 0.3) is 0 Å². The lowest BCUT2D eigenvalue weighted by atomic mass is 9.82. The van der Waals surface area contributed by atoms with Crippen LogP contribution >= 0.6 is 0 Å². The lowest BCUT2D eigenvalue weighted by Crippen LogP contribution is -2.48. The van der Waals surface area contributed by atoms with E-state index in [1.807, 2.05) is 37.3 Å². The number of fused-ring (bicyclic) bond motifs is 1. The zero-order chi connectivity index (χ0) is 14.7. The fourth-order valence-corrected chi connectivity index (χ4v) is 2.95. The van der Waals surface area contributed by atoms with Crippen molar-refractivity contribution in [1.82, 2.24) is 15.6 Å². The van der Waals surface area contributed by atoms with E-state index in [-0.39, 0.29) is 11.3 Å². The molecule has 4 nitrogen and oxygen atoms in total. The van der Waals surface area contributed by atoms with E-state index in [0.29, 0.717) is 6.54 Å². The third-order valence-corrected chi connectivity index (χ3v) is 4.30. The molecule has 1 aliphatic heterocycles. The Labute approximate surface area is 125 Å². The highest BCUT2D eigenvalue weighted by Gasteiger charge is 2.34. The summed E-state index contributed by atoms with van der Waals surface area (Å²) in [6.45, 7) is 4.33. The second kappa shape index (κ2) is 5.82. The molecule has 1 fully saturated rings. The molecule has 4 heteroatoms. The zero-order valence-electron chi connectivity index (χ0n) is 12.4. The maximum atomic E-state index is 12.5. The summed E-state index contributed by atoms with van der Waals surface area (Å²) in [5, 5.41) is 7.50. The number of hydrogen-bond acceptors (Lipinski definition) is 3. The standard InChI is InChI=1S/C17H21N3O/c1-17(8-4-9-18-12-17)16(21)20-11-14-6-2-5-13-7-3-10-19-15(13)14/h2-3,5-7,10,18H,4,8-9,11-12H2,1H3,(H,20,21). The average molecular weight is 283 g/mol. The van der Waals surface area contributed by atoms with E-state index < -0.39 is 0 Å². The molecular weight excluding hydrogens is 262 g/mol. The Balaban J connectivity index is 1.73. The Bertz CT molecular complexity index is 642. The summed E-state index contributed by atoms with van der Waals surface area (Å²) in [7, 11) is 0. The summed E-state index contributed by atoms with van der Waals surface area (Å²) in [5.74, 6) is 0.127. The van der Waals surface area contributed by atoms with Crippen LogP contribution < -0.4 is 10.6 Å². The van der Waals surface area contributed by atoms with E-state index in [0.717, 1.165) is 42.4 Å². The van der Waals surface area contributed by atoms with Crippen LogP contribution in [0.1, 0.15) is 25.3 Å². The Morgan fingerprint density at radius 3 is 3.05 bits per heavy atom. The first kappa shape index (κ1) is 14.0. The van der Waals surface area contributed by atoms with Crippen molar-refractivity contribution < 1.29 is 4.79 Å². The summed E-state index contributed by atoms with van der Waals surface area (Å²) in [4.78, 5) is 16.9. The number of amides is 1. The summed E-state index contributed by atoms with van der Waals surface area (Å²) < 4.78 is 0. The molecule has 110 valence electrons. The molecule has 1 aliphatic rings. The average Bonchev–Trinajstić information content (AvgIpc) is 2.53. The first-order chi connectivity index (χ1) is 10.2. The van der Waals surface area contributed by atoms with Crippen LogP contribution in [0.15, 0.2) is 36.5 Å². The van der Waals surface area contributed by atoms with Gasteiger partial charge in [0.15, 0.2) is 0 Å². The van der Waals surface area contributed by atoms with Crippen molar-refractivity contribution in [3.8, 4) is 0 Å². The van der Waals surface area contributed by atoms with Crippen LogP contribution in [0.2, 0.25) is 0 Å². The van der Waals surface area contributed by atoms with Gasteiger partial charge >= 0.3 is 0 Å². The SMILES string of the molecule is CC1(C(=O)NCc2cccc3cccnc23)CCCNC1. The third kappa shape index (κ3) is 2.90. The minimum absolute atomic E-state index is 0.127. The molecule has 2 aromatic rings. The Morgan fingerprint density at radius 2 is 2.24 bits per heavy atom. The molecule has 0 spiro atoms. The van der Waals surface area contributed by atoms with Crippen molar-refractivity contribution in [2.45, 2.75) is 26.3 Å². The minimum Gasteiger partial charge on any atom is -0.351 e. The first-order valence-electron chi connectivity index (χ1n) is 7.51. The highest BCUT2D eigenvalue weighted by molar-refractivity contribution is 5.84. The number of carbonyl (C=O) groups is 1. The van der Waals surface area contributed by atoms with Gasteiger partial charge in [0.05, 0.1) is 10.9 Å². The maximum absolute atomic E-state index is 12.5. The molecule has 0 saturated carbocycles. The number of para-hydroxylation sites is 1. The van der Waals surface area contributed by atoms with E-state index >= 15 is 0 Å². The van der Waals surface area contributed by atoms with Gasteiger partial charge in [-0.1, -0.05) is 24.3 Å². The molecule has 1 aromatic carbocycles. The molecular formula is C17H21N3O. The van der Waals surface area contributed by atoms with Crippen molar-refractivity contribution in [2.24, 2.45) is 5.41 Å². The Hall–Kier alpha value is -1.94. The van der Waals surface area contributed by atoms with Crippen LogP contribution in [-0.4, -0.2) is 24.0 Å². The highest BCUT2D eigenvalue weighted by atomic mass is 16.2. The second-order valence-electron chi connectivity index (χ2n) is 6.02. The molecule has 1 amide bonds. The lowest BCUT2D eigenvalue weighted by molar-refractivity contribution is -0.131. The lowest BCUT2D eigenvalue weighted by Gasteiger charge is -2.32. The molecule has 0 aliphatic carbocycles. The van der Waals surface area contributed by atoms with E-state index in [4.69, 9.17) is 0 Å². The first-order valence-corrected chi connectivity index (χ1v) is 7.51. The van der Waals surface area contributed by atoms with Crippen LogP contribution in [0, 0.1) is 5.41 Å². The predicted octanol–water partition coefficient (Wildman–Crippen LogP) is 2.24. The number of benzene rings is 1. The van der Waals surface area contributed by atoms with E-state index in [1.54, 1.807) is 6.20 Å². The Morgan fingerprint density at radius 1 is 1.38 bits per heavy atom. The van der Waals surface area contributed by atoms with Gasteiger partial charge in [-0.15, -0.1) is 0 Å². The molecule has 0 radical (unpaired) electrons. The predicted molar refractivity (Wildman–Crippen MR) is 83.8 cm³/mol. The summed E-state index contributed by atoms with van der Waals surface area (Å²) >= 11 is 0. The van der Waals surface area contributed by atoms with Gasteiger partial charge in [0, 0.05) is 24.7 Å². The number of aromatic nitrogens is 1. The fourth-order valence-electron chi connectivity index (χ4n) is 2.95.